The van der Waals surface area contributed by atoms with Gasteiger partial charge in [0.05, 0.1) is 5.92 Å². The molecule has 1 saturated heterocycles. The van der Waals surface area contributed by atoms with Crippen LogP contribution in [0.3, 0.4) is 0 Å². The van der Waals surface area contributed by atoms with Crippen molar-refractivity contribution >= 4 is 11.8 Å². The van der Waals surface area contributed by atoms with Crippen molar-refractivity contribution in [1.82, 2.24) is 10.3 Å². The Bertz CT molecular complexity index is 239. The maximum Gasteiger partial charge on any atom is 0.308 e. The molecule has 0 radical (unpaired) electrons. The van der Waals surface area contributed by atoms with Crippen molar-refractivity contribution in [2.75, 3.05) is 13.2 Å². The molecule has 0 aromatic heterocycles. The van der Waals surface area contributed by atoms with E-state index >= 15 is 0 Å². The number of carboxylic acid groups (broad SMARTS) is 1. The summed E-state index contributed by atoms with van der Waals surface area (Å²) in [6.45, 7) is 1.26. The Labute approximate surface area is 70.0 Å². The van der Waals surface area contributed by atoms with Gasteiger partial charge >= 0.3 is 5.97 Å². The molecule has 1 unspecified atom stereocenters. The smallest absolute Gasteiger partial charge is 0.308 e. The summed E-state index contributed by atoms with van der Waals surface area (Å²) in [6.07, 6.45) is 1.50. The van der Waals surface area contributed by atoms with Crippen LogP contribution in [-0.4, -0.2) is 35.0 Å². The largest absolute Gasteiger partial charge is 0.481 e. The van der Waals surface area contributed by atoms with E-state index in [-0.39, 0.29) is 5.92 Å². The second kappa shape index (κ2) is 2.66. The van der Waals surface area contributed by atoms with Crippen LogP contribution in [0.15, 0.2) is 5.10 Å². The zero-order valence-electron chi connectivity index (χ0n) is 6.66. The number of nitrogens with one attached hydrogen (secondary N) is 1. The van der Waals surface area contributed by atoms with Crippen LogP contribution in [0.25, 0.3) is 0 Å². The lowest BCUT2D eigenvalue weighted by Gasteiger charge is -2.28. The van der Waals surface area contributed by atoms with Gasteiger partial charge in [0.25, 0.3) is 0 Å². The van der Waals surface area contributed by atoms with E-state index in [1.165, 1.54) is 0 Å². The van der Waals surface area contributed by atoms with Gasteiger partial charge in [-0.2, -0.15) is 5.10 Å². The molecule has 2 aliphatic rings. The predicted molar refractivity (Wildman–Crippen MR) is 42.5 cm³/mol. The minimum absolute atomic E-state index is 0.219. The molecule has 1 atom stereocenters. The Hall–Kier alpha value is -1.26. The van der Waals surface area contributed by atoms with Gasteiger partial charge in [0.15, 0.2) is 0 Å². The summed E-state index contributed by atoms with van der Waals surface area (Å²) < 4.78 is 0. The van der Waals surface area contributed by atoms with Crippen LogP contribution in [0.4, 0.5) is 0 Å². The maximum absolute atomic E-state index is 10.7. The highest BCUT2D eigenvalue weighted by molar-refractivity contribution is 5.85. The molecule has 1 fully saturated rings. The fraction of sp³-hybridized carbons (Fsp3) is 0.714. The van der Waals surface area contributed by atoms with Crippen molar-refractivity contribution < 1.29 is 9.90 Å². The highest BCUT2D eigenvalue weighted by atomic mass is 16.4. The van der Waals surface area contributed by atoms with Crippen molar-refractivity contribution in [2.45, 2.75) is 12.8 Å². The zero-order chi connectivity index (χ0) is 8.55. The zero-order valence-corrected chi connectivity index (χ0v) is 6.66. The molecule has 5 heteroatoms. The average Bonchev–Trinajstić information content (AvgIpc) is 2.49. The minimum Gasteiger partial charge on any atom is -0.481 e. The maximum atomic E-state index is 10.7. The molecule has 12 heavy (non-hydrogen) atoms. The van der Waals surface area contributed by atoms with Crippen molar-refractivity contribution in [3.63, 3.8) is 0 Å². The fourth-order valence-corrected chi connectivity index (χ4v) is 1.62. The molecule has 0 aliphatic carbocycles. The number of hydrogen-bond donors (Lipinski definition) is 2. The van der Waals surface area contributed by atoms with Gasteiger partial charge in [-0.15, -0.1) is 0 Å². The van der Waals surface area contributed by atoms with E-state index in [1.807, 2.05) is 4.90 Å². The van der Waals surface area contributed by atoms with Crippen LogP contribution >= 0.6 is 0 Å². The van der Waals surface area contributed by atoms with Crippen molar-refractivity contribution in [3.8, 4) is 0 Å². The number of carboxylic acids is 1. The Morgan fingerprint density at radius 2 is 2.58 bits per heavy atom. The highest BCUT2D eigenvalue weighted by Crippen LogP contribution is 2.19. The van der Waals surface area contributed by atoms with E-state index in [4.69, 9.17) is 5.11 Å². The quantitative estimate of drug-likeness (QED) is 0.563. The van der Waals surface area contributed by atoms with Crippen LogP contribution < -0.4 is 5.43 Å². The molecule has 2 aliphatic heterocycles. The average molecular weight is 169 g/mol. The van der Waals surface area contributed by atoms with Gasteiger partial charge in [-0.25, -0.2) is 0 Å². The van der Waals surface area contributed by atoms with Gasteiger partial charge in [-0.1, -0.05) is 0 Å². The Morgan fingerprint density at radius 3 is 3.33 bits per heavy atom. The van der Waals surface area contributed by atoms with E-state index in [1.54, 1.807) is 0 Å². The summed E-state index contributed by atoms with van der Waals surface area (Å²) in [5.41, 5.74) is 2.84. The van der Waals surface area contributed by atoms with Gasteiger partial charge in [0.2, 0.25) is 0 Å². The number of amidine groups is 1. The van der Waals surface area contributed by atoms with Crippen LogP contribution in [0.1, 0.15) is 12.8 Å². The molecule has 0 amide bonds. The Kier molecular flexibility index (Phi) is 1.64. The summed E-state index contributed by atoms with van der Waals surface area (Å²) in [6, 6.07) is 0. The topological polar surface area (TPSA) is 64.9 Å². The van der Waals surface area contributed by atoms with Crippen molar-refractivity contribution in [3.05, 3.63) is 0 Å². The molecule has 5 nitrogen and oxygen atoms in total. The predicted octanol–water partition coefficient (Wildman–Crippen LogP) is -0.343. The second-order valence-corrected chi connectivity index (χ2v) is 3.14. The van der Waals surface area contributed by atoms with Crippen LogP contribution in [0, 0.1) is 5.92 Å². The number of fused-ring (bicyclic) bond motifs is 1. The lowest BCUT2D eigenvalue weighted by Crippen LogP contribution is -2.41. The second-order valence-electron chi connectivity index (χ2n) is 3.14. The van der Waals surface area contributed by atoms with Crippen molar-refractivity contribution in [1.29, 1.82) is 0 Å². The molecular formula is C7H11N3O2. The standard InChI is InChI=1S/C7H11N3O2/c11-7(12)5-1-2-6-9-8-4-10(6)3-5/h5,8H,1-4H2,(H,11,12). The Morgan fingerprint density at radius 1 is 1.75 bits per heavy atom. The van der Waals surface area contributed by atoms with Crippen molar-refractivity contribution in [2.24, 2.45) is 11.0 Å². The lowest BCUT2D eigenvalue weighted by atomic mass is 9.98. The third-order valence-electron chi connectivity index (χ3n) is 2.34. The first kappa shape index (κ1) is 7.39. The lowest BCUT2D eigenvalue weighted by molar-refractivity contribution is -0.142. The summed E-state index contributed by atoms with van der Waals surface area (Å²) in [5, 5.41) is 12.8. The van der Waals surface area contributed by atoms with Gasteiger partial charge in [0, 0.05) is 13.0 Å². The van der Waals surface area contributed by atoms with E-state index in [0.717, 1.165) is 12.3 Å². The van der Waals surface area contributed by atoms with Gasteiger partial charge in [0.1, 0.15) is 12.5 Å². The molecule has 0 spiro atoms. The van der Waals surface area contributed by atoms with Gasteiger partial charge in [-0.05, 0) is 6.42 Å². The summed E-state index contributed by atoms with van der Waals surface area (Å²) in [7, 11) is 0. The summed E-state index contributed by atoms with van der Waals surface area (Å²) in [5.74, 6) is 0.0947. The molecule has 2 N–H and O–H groups in total. The number of carbonyl (C=O) groups is 1. The molecule has 0 aromatic rings. The first-order valence-electron chi connectivity index (χ1n) is 4.04. The summed E-state index contributed by atoms with van der Waals surface area (Å²) >= 11 is 0. The van der Waals surface area contributed by atoms with Crippen LogP contribution in [0.2, 0.25) is 0 Å². The normalized spacial score (nSPS) is 27.5. The molecule has 66 valence electrons. The Balaban J connectivity index is 2.03. The van der Waals surface area contributed by atoms with E-state index in [9.17, 15) is 4.79 Å². The number of hydrazone groups is 1. The van der Waals surface area contributed by atoms with Gasteiger partial charge in [-0.3, -0.25) is 10.2 Å². The van der Waals surface area contributed by atoms with Crippen LogP contribution in [0.5, 0.6) is 0 Å². The minimum atomic E-state index is -0.694. The van der Waals surface area contributed by atoms with E-state index in [2.05, 4.69) is 10.5 Å². The molecule has 2 heterocycles. The molecular weight excluding hydrogens is 158 g/mol. The van der Waals surface area contributed by atoms with E-state index in [0.29, 0.717) is 19.6 Å². The number of piperidine rings is 1. The molecule has 0 aromatic carbocycles. The number of hydrogen-bond acceptors (Lipinski definition) is 4. The van der Waals surface area contributed by atoms with E-state index < -0.39 is 5.97 Å². The van der Waals surface area contributed by atoms with Gasteiger partial charge < -0.3 is 10.0 Å². The molecule has 0 saturated carbocycles. The molecule has 2 rings (SSSR count). The monoisotopic (exact) mass is 169 g/mol. The van der Waals surface area contributed by atoms with Crippen LogP contribution in [-0.2, 0) is 4.79 Å². The molecule has 0 bridgehead atoms. The fourth-order valence-electron chi connectivity index (χ4n) is 1.62. The number of rotatable bonds is 1. The first-order chi connectivity index (χ1) is 5.77. The first-order valence-corrected chi connectivity index (χ1v) is 4.04. The third-order valence-corrected chi connectivity index (χ3v) is 2.34. The third kappa shape index (κ3) is 1.11. The SMILES string of the molecule is O=C(O)C1CCC2=NNCN2C1. The summed E-state index contributed by atoms with van der Waals surface area (Å²) in [4.78, 5) is 12.6. The number of nitrogens with zero attached hydrogens (tertiary/aromatic N) is 2. The number of aliphatic carboxylic acids is 1. The highest BCUT2D eigenvalue weighted by Gasteiger charge is 2.30.